The molecule has 0 radical (unpaired) electrons. The molecule has 2 heterocycles. The molecule has 0 atom stereocenters. The molecule has 0 aliphatic carbocycles. The first kappa shape index (κ1) is 27.9. The number of aromatic nitrogens is 3. The molecule has 0 amide bonds. The quantitative estimate of drug-likeness (QED) is 0.229. The van der Waals surface area contributed by atoms with E-state index in [2.05, 4.69) is 4.98 Å². The van der Waals surface area contributed by atoms with E-state index in [0.29, 0.717) is 6.07 Å². The van der Waals surface area contributed by atoms with E-state index in [9.17, 15) is 37.2 Å². The molecular weight excluding hydrogens is 520 g/mol. The summed E-state index contributed by atoms with van der Waals surface area (Å²) in [6, 6.07) is 5.97. The molecule has 11 nitrogen and oxygen atoms in total. The number of carbonyl (C=O) groups is 1. The summed E-state index contributed by atoms with van der Waals surface area (Å²) < 4.78 is 75.2. The van der Waals surface area contributed by atoms with Crippen molar-refractivity contribution in [3.8, 4) is 29.1 Å². The summed E-state index contributed by atoms with van der Waals surface area (Å²) in [6.07, 6.45) is -3.72. The van der Waals surface area contributed by atoms with Gasteiger partial charge in [-0.2, -0.15) is 18.4 Å². The van der Waals surface area contributed by atoms with E-state index in [0.717, 1.165) is 13.1 Å². The van der Waals surface area contributed by atoms with Gasteiger partial charge in [0, 0.05) is 32.5 Å². The maximum absolute atomic E-state index is 14.9. The van der Waals surface area contributed by atoms with Crippen LogP contribution in [0, 0.1) is 17.1 Å². The van der Waals surface area contributed by atoms with Gasteiger partial charge in [0.1, 0.15) is 29.9 Å². The average molecular weight is 538 g/mol. The Bertz CT molecular complexity index is 1510. The molecular formula is C23H18F4N4O7. The standard InChI is InChI=1S/C23H18F4N4O7/c1-30-18(23(25,26)27)10-19(32)31(22(30)34)15-9-17(13(11-28)8-14(15)24)38-16-4-3-5-29-21(16)37-12-20(33)36-7-6-35-2/h3-5,8-10H,6-7,12H2,1-2H3. The second-order valence-electron chi connectivity index (χ2n) is 7.36. The molecule has 0 fully saturated rings. The van der Waals surface area contributed by atoms with Crippen LogP contribution in [0.2, 0.25) is 0 Å². The number of methoxy groups -OCH3 is 1. The molecule has 0 saturated carbocycles. The number of hydrogen-bond donors (Lipinski definition) is 0. The van der Waals surface area contributed by atoms with Gasteiger partial charge in [0.15, 0.2) is 12.4 Å². The summed E-state index contributed by atoms with van der Waals surface area (Å²) in [4.78, 5) is 40.7. The summed E-state index contributed by atoms with van der Waals surface area (Å²) in [5.41, 5.74) is -5.65. The number of ether oxygens (including phenoxy) is 4. The molecule has 0 N–H and O–H groups in total. The maximum Gasteiger partial charge on any atom is 0.431 e. The number of alkyl halides is 3. The Labute approximate surface area is 211 Å². The number of rotatable bonds is 9. The van der Waals surface area contributed by atoms with Crippen molar-refractivity contribution >= 4 is 5.97 Å². The zero-order valence-electron chi connectivity index (χ0n) is 19.7. The third-order valence-corrected chi connectivity index (χ3v) is 4.85. The third-order valence-electron chi connectivity index (χ3n) is 4.85. The lowest BCUT2D eigenvalue weighted by Crippen LogP contribution is -2.41. The van der Waals surface area contributed by atoms with Crippen LogP contribution in [-0.2, 0) is 27.5 Å². The lowest BCUT2D eigenvalue weighted by Gasteiger charge is -2.16. The Hall–Kier alpha value is -4.71. The predicted molar refractivity (Wildman–Crippen MR) is 120 cm³/mol. The topological polar surface area (TPSA) is 135 Å². The number of hydrogen-bond acceptors (Lipinski definition) is 9. The van der Waals surface area contributed by atoms with Gasteiger partial charge in [0.25, 0.3) is 11.4 Å². The number of nitriles is 1. The highest BCUT2D eigenvalue weighted by molar-refractivity contribution is 5.71. The van der Waals surface area contributed by atoms with Crippen molar-refractivity contribution < 1.29 is 41.3 Å². The molecule has 38 heavy (non-hydrogen) atoms. The van der Waals surface area contributed by atoms with Crippen LogP contribution in [-0.4, -0.2) is 47.0 Å². The van der Waals surface area contributed by atoms with Gasteiger partial charge in [-0.3, -0.25) is 9.36 Å². The normalized spacial score (nSPS) is 11.1. The van der Waals surface area contributed by atoms with Crippen LogP contribution in [0.5, 0.6) is 17.4 Å². The van der Waals surface area contributed by atoms with Crippen LogP contribution < -0.4 is 20.7 Å². The molecule has 0 aliphatic heterocycles. The van der Waals surface area contributed by atoms with Crippen LogP contribution >= 0.6 is 0 Å². The fraction of sp³-hybridized carbons (Fsp3) is 0.261. The molecule has 0 saturated heterocycles. The summed E-state index contributed by atoms with van der Waals surface area (Å²) in [5, 5.41) is 9.44. The molecule has 0 unspecified atom stereocenters. The largest absolute Gasteiger partial charge is 0.463 e. The Kier molecular flexibility index (Phi) is 8.48. The molecule has 0 bridgehead atoms. The van der Waals surface area contributed by atoms with Gasteiger partial charge < -0.3 is 18.9 Å². The molecule has 3 aromatic rings. The molecule has 0 aliphatic rings. The van der Waals surface area contributed by atoms with E-state index in [1.165, 1.54) is 25.4 Å². The number of esters is 1. The van der Waals surface area contributed by atoms with Crippen molar-refractivity contribution in [1.82, 2.24) is 14.1 Å². The highest BCUT2D eigenvalue weighted by Gasteiger charge is 2.35. The molecule has 200 valence electrons. The van der Waals surface area contributed by atoms with Crippen LogP contribution in [0.1, 0.15) is 11.3 Å². The molecule has 1 aromatic carbocycles. The van der Waals surface area contributed by atoms with Crippen molar-refractivity contribution in [2.24, 2.45) is 7.05 Å². The summed E-state index contributed by atoms with van der Waals surface area (Å²) >= 11 is 0. The minimum absolute atomic E-state index is 0.0169. The van der Waals surface area contributed by atoms with Crippen LogP contribution in [0.3, 0.4) is 0 Å². The first-order valence-corrected chi connectivity index (χ1v) is 10.5. The van der Waals surface area contributed by atoms with Gasteiger partial charge in [-0.1, -0.05) is 0 Å². The SMILES string of the molecule is COCCOC(=O)COc1ncccc1Oc1cc(-n2c(=O)cc(C(F)(F)F)n(C)c2=O)c(F)cc1C#N. The fourth-order valence-electron chi connectivity index (χ4n) is 3.09. The predicted octanol–water partition coefficient (Wildman–Crippen LogP) is 2.32. The highest BCUT2D eigenvalue weighted by Crippen LogP contribution is 2.33. The molecule has 0 spiro atoms. The first-order valence-electron chi connectivity index (χ1n) is 10.5. The summed E-state index contributed by atoms with van der Waals surface area (Å²) in [7, 11) is 2.18. The zero-order valence-corrected chi connectivity index (χ0v) is 19.7. The number of halogens is 4. The van der Waals surface area contributed by atoms with Crippen molar-refractivity contribution in [2.75, 3.05) is 26.9 Å². The second kappa shape index (κ2) is 11.6. The minimum Gasteiger partial charge on any atom is -0.463 e. The zero-order chi connectivity index (χ0) is 28.0. The van der Waals surface area contributed by atoms with Gasteiger partial charge in [-0.15, -0.1) is 0 Å². The van der Waals surface area contributed by atoms with Gasteiger partial charge >= 0.3 is 17.8 Å². The van der Waals surface area contributed by atoms with Crippen LogP contribution in [0.15, 0.2) is 46.1 Å². The summed E-state index contributed by atoms with van der Waals surface area (Å²) in [6.45, 7) is -0.427. The van der Waals surface area contributed by atoms with Crippen molar-refractivity contribution in [2.45, 2.75) is 6.18 Å². The Morgan fingerprint density at radius 1 is 1.16 bits per heavy atom. The average Bonchev–Trinajstić information content (AvgIpc) is 2.86. The van der Waals surface area contributed by atoms with Crippen LogP contribution in [0.25, 0.3) is 5.69 Å². The monoisotopic (exact) mass is 538 g/mol. The van der Waals surface area contributed by atoms with Crippen molar-refractivity contribution in [3.63, 3.8) is 0 Å². The molecule has 3 rings (SSSR count). The van der Waals surface area contributed by atoms with E-state index < -0.39 is 58.5 Å². The van der Waals surface area contributed by atoms with Gasteiger partial charge in [0.2, 0.25) is 0 Å². The first-order chi connectivity index (χ1) is 18.0. The van der Waals surface area contributed by atoms with E-state index >= 15 is 0 Å². The summed E-state index contributed by atoms with van der Waals surface area (Å²) in [5.74, 6) is -2.78. The fourth-order valence-corrected chi connectivity index (χ4v) is 3.09. The maximum atomic E-state index is 14.9. The van der Waals surface area contributed by atoms with Crippen molar-refractivity contribution in [3.05, 3.63) is 74.4 Å². The third kappa shape index (κ3) is 6.16. The Morgan fingerprint density at radius 2 is 1.89 bits per heavy atom. The second-order valence-corrected chi connectivity index (χ2v) is 7.36. The van der Waals surface area contributed by atoms with Gasteiger partial charge in [-0.05, 0) is 18.2 Å². The molecule has 15 heteroatoms. The molecule has 2 aromatic heterocycles. The van der Waals surface area contributed by atoms with Gasteiger partial charge in [-0.25, -0.2) is 23.5 Å². The number of benzene rings is 1. The van der Waals surface area contributed by atoms with Gasteiger partial charge in [0.05, 0.1) is 17.9 Å². The number of carbonyl (C=O) groups excluding carboxylic acids is 1. The van der Waals surface area contributed by atoms with Crippen molar-refractivity contribution in [1.29, 1.82) is 5.26 Å². The minimum atomic E-state index is -5.02. The highest BCUT2D eigenvalue weighted by atomic mass is 19.4. The smallest absolute Gasteiger partial charge is 0.431 e. The van der Waals surface area contributed by atoms with E-state index in [1.807, 2.05) is 0 Å². The Balaban J connectivity index is 2.01. The number of nitrogens with zero attached hydrogens (tertiary/aromatic N) is 4. The van der Waals surface area contributed by atoms with E-state index in [1.54, 1.807) is 6.07 Å². The lowest BCUT2D eigenvalue weighted by molar-refractivity contribution is -0.147. The lowest BCUT2D eigenvalue weighted by atomic mass is 10.1. The van der Waals surface area contributed by atoms with E-state index in [-0.39, 0.29) is 40.0 Å². The van der Waals surface area contributed by atoms with E-state index in [4.69, 9.17) is 18.9 Å². The number of pyridine rings is 1. The van der Waals surface area contributed by atoms with Crippen LogP contribution in [0.4, 0.5) is 17.6 Å². The Morgan fingerprint density at radius 3 is 2.55 bits per heavy atom.